The average Bonchev–Trinajstić information content (AvgIpc) is 3.75. The second-order valence-corrected chi connectivity index (χ2v) is 12.4. The van der Waals surface area contributed by atoms with E-state index in [0.29, 0.717) is 50.9 Å². The molecule has 2 amide bonds. The van der Waals surface area contributed by atoms with E-state index in [1.807, 2.05) is 43.6 Å². The number of hydrogen-bond donors (Lipinski definition) is 2. The van der Waals surface area contributed by atoms with Gasteiger partial charge in [-0.1, -0.05) is 45.4 Å². The number of carbonyl (C=O) groups excluding carboxylic acids is 2. The Hall–Kier alpha value is -2.68. The van der Waals surface area contributed by atoms with Crippen LogP contribution in [0.3, 0.4) is 0 Å². The van der Waals surface area contributed by atoms with Crippen LogP contribution in [0.4, 0.5) is 0 Å². The molecule has 4 rings (SSSR count). The number of halogens is 1. The quantitative estimate of drug-likeness (QED) is 0.158. The highest BCUT2D eigenvalue weighted by Crippen LogP contribution is 2.30. The topological polar surface area (TPSA) is 136 Å². The molecule has 0 saturated carbocycles. The van der Waals surface area contributed by atoms with E-state index in [4.69, 9.17) is 18.7 Å². The normalized spacial score (nSPS) is 18.0. The van der Waals surface area contributed by atoms with Crippen molar-refractivity contribution in [3.8, 4) is 10.4 Å². The average molecular weight is 694 g/mol. The summed E-state index contributed by atoms with van der Waals surface area (Å²) in [5.41, 5.74) is 5.46. The predicted octanol–water partition coefficient (Wildman–Crippen LogP) is 4.17. The molecule has 11 nitrogen and oxygen atoms in total. The van der Waals surface area contributed by atoms with Crippen LogP contribution >= 0.6 is 27.3 Å². The zero-order valence-electron chi connectivity index (χ0n) is 25.4. The third kappa shape index (κ3) is 9.41. The van der Waals surface area contributed by atoms with E-state index < -0.39 is 18.1 Å². The number of aliphatic hydroxyl groups excluding tert-OH is 1. The molecular formula is C31H41BrN4O7S. The van der Waals surface area contributed by atoms with Gasteiger partial charge in [-0.05, 0) is 38.3 Å². The Kier molecular flexibility index (Phi) is 13.3. The molecule has 1 aliphatic rings. The maximum atomic E-state index is 13.9. The lowest BCUT2D eigenvalue weighted by molar-refractivity contribution is -0.140. The van der Waals surface area contributed by atoms with Crippen molar-refractivity contribution in [2.75, 3.05) is 51.5 Å². The fourth-order valence-corrected chi connectivity index (χ4v) is 6.17. The molecule has 0 bridgehead atoms. The molecule has 0 spiro atoms. The first-order valence-electron chi connectivity index (χ1n) is 14.8. The van der Waals surface area contributed by atoms with Crippen molar-refractivity contribution in [2.24, 2.45) is 0 Å². The van der Waals surface area contributed by atoms with Crippen LogP contribution in [-0.4, -0.2) is 95.6 Å². The number of likely N-dealkylation sites (tertiary alicyclic amines) is 1. The first-order valence-corrected chi connectivity index (χ1v) is 16.8. The molecule has 0 aliphatic carbocycles. The number of aliphatic hydroxyl groups is 1. The van der Waals surface area contributed by atoms with Crippen molar-refractivity contribution in [2.45, 2.75) is 57.7 Å². The van der Waals surface area contributed by atoms with E-state index in [1.165, 1.54) is 4.90 Å². The number of benzene rings is 1. The van der Waals surface area contributed by atoms with E-state index in [9.17, 15) is 14.7 Å². The Morgan fingerprint density at radius 1 is 1.11 bits per heavy atom. The van der Waals surface area contributed by atoms with Crippen LogP contribution in [0.2, 0.25) is 0 Å². The van der Waals surface area contributed by atoms with Gasteiger partial charge in [-0.2, -0.15) is 0 Å². The number of carbonyl (C=O) groups is 2. The minimum Gasteiger partial charge on any atom is -0.391 e. The highest BCUT2D eigenvalue weighted by atomic mass is 79.9. The number of rotatable bonds is 17. The monoisotopic (exact) mass is 692 g/mol. The van der Waals surface area contributed by atoms with Crippen LogP contribution in [0.1, 0.15) is 54.4 Å². The third-order valence-electron chi connectivity index (χ3n) is 7.45. The number of aryl methyl sites for hydroxylation is 2. The van der Waals surface area contributed by atoms with E-state index in [2.05, 4.69) is 31.4 Å². The van der Waals surface area contributed by atoms with Crippen LogP contribution in [0.15, 0.2) is 40.4 Å². The van der Waals surface area contributed by atoms with Crippen LogP contribution in [0, 0.1) is 13.8 Å². The van der Waals surface area contributed by atoms with Crippen molar-refractivity contribution in [1.82, 2.24) is 20.4 Å². The lowest BCUT2D eigenvalue weighted by Gasteiger charge is -2.28. The van der Waals surface area contributed by atoms with Gasteiger partial charge in [-0.3, -0.25) is 9.59 Å². The molecule has 0 radical (unpaired) electrons. The molecule has 2 unspecified atom stereocenters. The van der Waals surface area contributed by atoms with Gasteiger partial charge < -0.3 is 34.1 Å². The number of hydrogen-bond acceptors (Lipinski definition) is 10. The zero-order valence-corrected chi connectivity index (χ0v) is 27.8. The molecule has 13 heteroatoms. The summed E-state index contributed by atoms with van der Waals surface area (Å²) in [6.07, 6.45) is -0.329. The van der Waals surface area contributed by atoms with E-state index >= 15 is 0 Å². The molecule has 1 fully saturated rings. The zero-order chi connectivity index (χ0) is 31.5. The molecule has 2 N–H and O–H groups in total. The molecule has 1 saturated heterocycles. The maximum absolute atomic E-state index is 13.9. The van der Waals surface area contributed by atoms with Gasteiger partial charge >= 0.3 is 0 Å². The van der Waals surface area contributed by atoms with E-state index in [0.717, 1.165) is 27.0 Å². The number of thiazole rings is 1. The Morgan fingerprint density at radius 3 is 2.41 bits per heavy atom. The number of alkyl halides is 1. The molecule has 240 valence electrons. The van der Waals surface area contributed by atoms with Gasteiger partial charge in [0.15, 0.2) is 0 Å². The molecular weight excluding hydrogens is 652 g/mol. The summed E-state index contributed by atoms with van der Waals surface area (Å²) in [6, 6.07) is 8.62. The van der Waals surface area contributed by atoms with Crippen LogP contribution in [-0.2, 0) is 23.8 Å². The number of amides is 2. The fourth-order valence-electron chi connectivity index (χ4n) is 5.13. The summed E-state index contributed by atoms with van der Waals surface area (Å²) < 4.78 is 22.1. The minimum absolute atomic E-state index is 0.0592. The third-order valence-corrected chi connectivity index (χ3v) is 8.75. The SMILES string of the molecule is Cc1cc([C@H](CCOCCOCCOCCBr)C(=O)N2CC(O)CC2C(=O)N[C@@H](C)c2ccc(-c3scnc3C)cc2)on1. The largest absolute Gasteiger partial charge is 0.391 e. The van der Waals surface area contributed by atoms with E-state index in [1.54, 1.807) is 24.3 Å². The summed E-state index contributed by atoms with van der Waals surface area (Å²) in [6.45, 7) is 8.40. The molecule has 4 atom stereocenters. The van der Waals surface area contributed by atoms with Gasteiger partial charge in [0, 0.05) is 31.0 Å². The molecule has 1 aromatic carbocycles. The molecule has 1 aliphatic heterocycles. The lowest BCUT2D eigenvalue weighted by Crippen LogP contribution is -2.48. The predicted molar refractivity (Wildman–Crippen MR) is 170 cm³/mol. The maximum Gasteiger partial charge on any atom is 0.243 e. The summed E-state index contributed by atoms with van der Waals surface area (Å²) >= 11 is 4.89. The highest BCUT2D eigenvalue weighted by molar-refractivity contribution is 9.09. The second-order valence-electron chi connectivity index (χ2n) is 10.8. The van der Waals surface area contributed by atoms with Crippen LogP contribution in [0.5, 0.6) is 0 Å². The standard InChI is InChI=1S/C31H41BrN4O7S/c1-20-16-28(43-35-20)26(8-10-40-12-14-42-15-13-41-11-9-32)31(39)36-18-25(37)17-27(36)30(38)34-21(2)23-4-6-24(7-5-23)29-22(3)33-19-44-29/h4-7,16,19,21,25-27,37H,8-15,17-18H2,1-3H3,(H,34,38)/t21-,25?,26-,27?/m0/s1. The van der Waals surface area contributed by atoms with Crippen molar-refractivity contribution in [1.29, 1.82) is 0 Å². The summed E-state index contributed by atoms with van der Waals surface area (Å²) in [7, 11) is 0. The minimum atomic E-state index is -0.813. The van der Waals surface area contributed by atoms with Crippen molar-refractivity contribution >= 4 is 39.1 Å². The second kappa shape index (κ2) is 17.1. The Balaban J connectivity index is 1.34. The van der Waals surface area contributed by atoms with E-state index in [-0.39, 0.29) is 37.4 Å². The summed E-state index contributed by atoms with van der Waals surface area (Å²) in [4.78, 5) is 34.3. The Bertz CT molecular complexity index is 1330. The first-order chi connectivity index (χ1) is 21.3. The van der Waals surface area contributed by atoms with Gasteiger partial charge in [-0.15, -0.1) is 11.3 Å². The smallest absolute Gasteiger partial charge is 0.243 e. The van der Waals surface area contributed by atoms with Gasteiger partial charge in [0.1, 0.15) is 17.7 Å². The Morgan fingerprint density at radius 2 is 1.80 bits per heavy atom. The van der Waals surface area contributed by atoms with Crippen molar-refractivity contribution in [3.63, 3.8) is 0 Å². The van der Waals surface area contributed by atoms with Crippen molar-refractivity contribution < 1.29 is 33.4 Å². The van der Waals surface area contributed by atoms with Crippen LogP contribution < -0.4 is 5.32 Å². The Labute approximate surface area is 270 Å². The number of aromatic nitrogens is 2. The van der Waals surface area contributed by atoms with Gasteiger partial charge in [0.05, 0.1) is 67.0 Å². The van der Waals surface area contributed by atoms with Crippen LogP contribution in [0.25, 0.3) is 10.4 Å². The highest BCUT2D eigenvalue weighted by Gasteiger charge is 2.42. The number of nitrogens with zero attached hydrogens (tertiary/aromatic N) is 3. The van der Waals surface area contributed by atoms with Gasteiger partial charge in [0.25, 0.3) is 0 Å². The van der Waals surface area contributed by atoms with Gasteiger partial charge in [0.2, 0.25) is 11.8 Å². The number of ether oxygens (including phenoxy) is 3. The number of nitrogens with one attached hydrogen (secondary N) is 1. The summed E-state index contributed by atoms with van der Waals surface area (Å²) in [5, 5.41) is 18.3. The van der Waals surface area contributed by atoms with Crippen molar-refractivity contribution in [3.05, 3.63) is 58.6 Å². The first kappa shape index (κ1) is 34.2. The molecule has 3 aromatic rings. The molecule has 2 aromatic heterocycles. The van der Waals surface area contributed by atoms with Gasteiger partial charge in [-0.25, -0.2) is 4.98 Å². The summed E-state index contributed by atoms with van der Waals surface area (Å²) in [5.74, 6) is -0.929. The lowest BCUT2D eigenvalue weighted by atomic mass is 9.99. The molecule has 3 heterocycles. The fraction of sp³-hybridized carbons (Fsp3) is 0.548. The number of β-amino-alcohol motifs (C(OH)–C–C–N with tert-alkyl or cyclic N) is 1. The molecule has 44 heavy (non-hydrogen) atoms.